The topological polar surface area (TPSA) is 57.7 Å². The van der Waals surface area contributed by atoms with Crippen LogP contribution in [0.2, 0.25) is 0 Å². The van der Waals surface area contributed by atoms with Crippen LogP contribution in [0.4, 0.5) is 9.93 Å². The predicted molar refractivity (Wildman–Crippen MR) is 117 cm³/mol. The van der Waals surface area contributed by atoms with E-state index in [4.69, 9.17) is 4.74 Å². The van der Waals surface area contributed by atoms with Gasteiger partial charge in [0.15, 0.2) is 5.13 Å². The molecule has 2 heterocycles. The number of piperidine rings is 1. The van der Waals surface area contributed by atoms with E-state index in [1.807, 2.05) is 53.8 Å². The minimum absolute atomic E-state index is 0.454. The number of thiazole rings is 1. The van der Waals surface area contributed by atoms with Crippen LogP contribution in [0.15, 0.2) is 5.38 Å². The van der Waals surface area contributed by atoms with E-state index < -0.39 is 11.7 Å². The number of rotatable bonds is 4. The molecule has 1 amide bonds. The summed E-state index contributed by atoms with van der Waals surface area (Å²) >= 11 is 1.44. The number of amides is 1. The van der Waals surface area contributed by atoms with Crippen molar-refractivity contribution in [3.63, 3.8) is 0 Å². The Kier molecular flexibility index (Phi) is 12.5. The third-order valence-electron chi connectivity index (χ3n) is 3.83. The van der Waals surface area contributed by atoms with Gasteiger partial charge in [0.2, 0.25) is 0 Å². The number of likely N-dealkylation sites (tertiary alicyclic amines) is 1. The maximum atomic E-state index is 11.7. The lowest BCUT2D eigenvalue weighted by atomic mass is 10.0. The van der Waals surface area contributed by atoms with Gasteiger partial charge in [-0.25, -0.2) is 9.78 Å². The van der Waals surface area contributed by atoms with E-state index >= 15 is 0 Å². The molecule has 6 nitrogen and oxygen atoms in total. The maximum absolute atomic E-state index is 11.7. The highest BCUT2D eigenvalue weighted by molar-refractivity contribution is 7.13. The molecule has 1 aliphatic rings. The molecule has 0 aliphatic carbocycles. The molecule has 0 unspecified atom stereocenters. The third kappa shape index (κ3) is 10.7. The van der Waals surface area contributed by atoms with Crippen LogP contribution in [0, 0.1) is 0 Å². The Labute approximate surface area is 170 Å². The molecule has 1 N–H and O–H groups in total. The standard InChI is InChI=1S/C16H28N4O2S.2C2H6/c1-16(2,3)22-15(21)18-14-17-12(11-23-14)10-20-8-6-13(7-9-20)19(4)5;2*1-2/h11,13H,6-10H2,1-5H3,(H,17,18,21);2*1-2H3. The van der Waals surface area contributed by atoms with Gasteiger partial charge in [0.1, 0.15) is 5.60 Å². The molecule has 1 fully saturated rings. The van der Waals surface area contributed by atoms with Crippen LogP contribution < -0.4 is 5.32 Å². The maximum Gasteiger partial charge on any atom is 0.413 e. The Balaban J connectivity index is 0.00000158. The lowest BCUT2D eigenvalue weighted by molar-refractivity contribution is 0.0636. The van der Waals surface area contributed by atoms with E-state index in [-0.39, 0.29) is 0 Å². The highest BCUT2D eigenvalue weighted by atomic mass is 32.1. The van der Waals surface area contributed by atoms with E-state index in [0.29, 0.717) is 11.2 Å². The Morgan fingerprint density at radius 1 is 1.26 bits per heavy atom. The zero-order valence-corrected chi connectivity index (χ0v) is 19.6. The molecular weight excluding hydrogens is 360 g/mol. The fourth-order valence-electron chi connectivity index (χ4n) is 2.65. The fraction of sp³-hybridized carbons (Fsp3) is 0.800. The van der Waals surface area contributed by atoms with Crippen LogP contribution in [0.5, 0.6) is 0 Å². The quantitative estimate of drug-likeness (QED) is 0.765. The molecule has 1 aromatic rings. The Morgan fingerprint density at radius 2 is 1.81 bits per heavy atom. The first-order valence-electron chi connectivity index (χ1n) is 10.1. The number of carbonyl (C=O) groups excluding carboxylic acids is 1. The Hall–Kier alpha value is -1.18. The van der Waals surface area contributed by atoms with Gasteiger partial charge in [-0.2, -0.15) is 0 Å². The summed E-state index contributed by atoms with van der Waals surface area (Å²) in [6.07, 6.45) is 1.94. The summed E-state index contributed by atoms with van der Waals surface area (Å²) in [6, 6.07) is 0.686. The number of anilines is 1. The second-order valence-corrected chi connectivity index (χ2v) is 8.10. The molecule has 158 valence electrons. The number of ether oxygens (including phenoxy) is 1. The van der Waals surface area contributed by atoms with E-state index in [9.17, 15) is 4.79 Å². The van der Waals surface area contributed by atoms with Gasteiger partial charge in [-0.05, 0) is 47.7 Å². The van der Waals surface area contributed by atoms with E-state index in [0.717, 1.165) is 25.3 Å². The molecule has 2 rings (SSSR count). The molecule has 1 aliphatic heterocycles. The molecule has 27 heavy (non-hydrogen) atoms. The lowest BCUT2D eigenvalue weighted by Gasteiger charge is -2.34. The SMILES string of the molecule is CC.CC.CN(C)C1CCN(Cc2csc(NC(=O)OC(C)(C)C)n2)CC1. The second-order valence-electron chi connectivity index (χ2n) is 7.24. The summed E-state index contributed by atoms with van der Waals surface area (Å²) in [5.41, 5.74) is 0.505. The van der Waals surface area contributed by atoms with Crippen molar-refractivity contribution < 1.29 is 9.53 Å². The highest BCUT2D eigenvalue weighted by Gasteiger charge is 2.21. The van der Waals surface area contributed by atoms with Crippen LogP contribution >= 0.6 is 11.3 Å². The predicted octanol–water partition coefficient (Wildman–Crippen LogP) is 5.07. The first-order valence-corrected chi connectivity index (χ1v) is 10.9. The first kappa shape index (κ1) is 25.8. The molecule has 1 aromatic heterocycles. The average molecular weight is 401 g/mol. The van der Waals surface area contributed by atoms with Crippen LogP contribution in [-0.2, 0) is 11.3 Å². The third-order valence-corrected chi connectivity index (χ3v) is 4.64. The zero-order valence-electron chi connectivity index (χ0n) is 18.8. The normalized spacial score (nSPS) is 15.3. The van der Waals surface area contributed by atoms with Gasteiger partial charge in [-0.15, -0.1) is 11.3 Å². The van der Waals surface area contributed by atoms with E-state index in [2.05, 4.69) is 34.2 Å². The monoisotopic (exact) mass is 400 g/mol. The molecule has 0 radical (unpaired) electrons. The number of hydrogen-bond acceptors (Lipinski definition) is 6. The van der Waals surface area contributed by atoms with Gasteiger partial charge < -0.3 is 9.64 Å². The fourth-order valence-corrected chi connectivity index (χ4v) is 3.34. The number of nitrogens with one attached hydrogen (secondary N) is 1. The van der Waals surface area contributed by atoms with E-state index in [1.165, 1.54) is 24.2 Å². The van der Waals surface area contributed by atoms with Crippen molar-refractivity contribution in [2.24, 2.45) is 0 Å². The summed E-state index contributed by atoms with van der Waals surface area (Å²) in [5, 5.41) is 5.30. The second kappa shape index (κ2) is 13.1. The number of aromatic nitrogens is 1. The van der Waals surface area contributed by atoms with Crippen molar-refractivity contribution >= 4 is 22.6 Å². The van der Waals surface area contributed by atoms with Crippen LogP contribution in [0.3, 0.4) is 0 Å². The van der Waals surface area contributed by atoms with Crippen molar-refractivity contribution in [1.82, 2.24) is 14.8 Å². The summed E-state index contributed by atoms with van der Waals surface area (Å²) in [7, 11) is 4.30. The molecule has 0 saturated carbocycles. The van der Waals surface area contributed by atoms with Crippen molar-refractivity contribution in [1.29, 1.82) is 0 Å². The Bertz CT molecular complexity index is 518. The minimum Gasteiger partial charge on any atom is -0.444 e. The van der Waals surface area contributed by atoms with Crippen molar-refractivity contribution in [3.8, 4) is 0 Å². The molecule has 0 bridgehead atoms. The summed E-state index contributed by atoms with van der Waals surface area (Å²) in [4.78, 5) is 21.0. The average Bonchev–Trinajstić information content (AvgIpc) is 3.04. The number of carbonyl (C=O) groups is 1. The summed E-state index contributed by atoms with van der Waals surface area (Å²) < 4.78 is 5.24. The van der Waals surface area contributed by atoms with Gasteiger partial charge in [0.25, 0.3) is 0 Å². The van der Waals surface area contributed by atoms with Crippen LogP contribution in [0.25, 0.3) is 0 Å². The molecule has 7 heteroatoms. The first-order chi connectivity index (χ1) is 12.7. The van der Waals surface area contributed by atoms with Gasteiger partial charge in [-0.1, -0.05) is 27.7 Å². The zero-order chi connectivity index (χ0) is 21.0. The Morgan fingerprint density at radius 3 is 2.30 bits per heavy atom. The van der Waals surface area contributed by atoms with Crippen molar-refractivity contribution in [3.05, 3.63) is 11.1 Å². The largest absolute Gasteiger partial charge is 0.444 e. The molecule has 1 saturated heterocycles. The molecule has 0 aromatic carbocycles. The van der Waals surface area contributed by atoms with Crippen molar-refractivity contribution in [2.45, 2.75) is 79.5 Å². The smallest absolute Gasteiger partial charge is 0.413 e. The van der Waals surface area contributed by atoms with Gasteiger partial charge in [0.05, 0.1) is 5.69 Å². The number of hydrogen-bond donors (Lipinski definition) is 1. The van der Waals surface area contributed by atoms with E-state index in [1.54, 1.807) is 0 Å². The van der Waals surface area contributed by atoms with Gasteiger partial charge >= 0.3 is 6.09 Å². The van der Waals surface area contributed by atoms with Crippen molar-refractivity contribution in [2.75, 3.05) is 32.5 Å². The molecule has 0 atom stereocenters. The van der Waals surface area contributed by atoms with Crippen LogP contribution in [0.1, 0.15) is 67.0 Å². The minimum atomic E-state index is -0.499. The highest BCUT2D eigenvalue weighted by Crippen LogP contribution is 2.20. The summed E-state index contributed by atoms with van der Waals surface area (Å²) in [6.45, 7) is 16.6. The lowest BCUT2D eigenvalue weighted by Crippen LogP contribution is -2.41. The summed E-state index contributed by atoms with van der Waals surface area (Å²) in [5.74, 6) is 0. The molecular formula is C20H40N4O2S. The molecule has 0 spiro atoms. The number of nitrogens with zero attached hydrogens (tertiary/aromatic N) is 3. The van der Waals surface area contributed by atoms with Gasteiger partial charge in [-0.3, -0.25) is 10.2 Å². The van der Waals surface area contributed by atoms with Crippen LogP contribution in [-0.4, -0.2) is 59.7 Å². The van der Waals surface area contributed by atoms with Gasteiger partial charge in [0, 0.05) is 31.1 Å².